The van der Waals surface area contributed by atoms with E-state index in [2.05, 4.69) is 11.8 Å². The molecule has 52 valence electrons. The molecule has 0 saturated heterocycles. The molecule has 0 rings (SSSR count). The van der Waals surface area contributed by atoms with E-state index in [1.165, 1.54) is 6.08 Å². The number of hydrogen-bond donors (Lipinski definition) is 0. The molecule has 1 nitrogen and oxygen atoms in total. The second-order valence-corrected chi connectivity index (χ2v) is 1.85. The van der Waals surface area contributed by atoms with Gasteiger partial charge in [0.2, 0.25) is 0 Å². The van der Waals surface area contributed by atoms with Gasteiger partial charge in [-0.15, -0.1) is 11.8 Å². The molecule has 0 spiro atoms. The van der Waals surface area contributed by atoms with Crippen molar-refractivity contribution in [2.75, 3.05) is 0 Å². The number of unbranched alkanes of at least 4 members (excludes halogenated alkanes) is 2. The van der Waals surface area contributed by atoms with Crippen LogP contribution in [0.3, 0.4) is 0 Å². The molecule has 0 atom stereocenters. The Balaban J connectivity index is 3.12. The first-order chi connectivity index (χ1) is 4.91. The highest BCUT2D eigenvalue weighted by molar-refractivity contribution is 5.02. The average Bonchev–Trinajstić information content (AvgIpc) is 1.97. The van der Waals surface area contributed by atoms with Crippen molar-refractivity contribution in [1.82, 2.24) is 0 Å². The third kappa shape index (κ3) is 6.79. The molecular formula is C9H11N. The van der Waals surface area contributed by atoms with Crippen LogP contribution in [0.4, 0.5) is 0 Å². The van der Waals surface area contributed by atoms with Gasteiger partial charge in [0.05, 0.1) is 6.07 Å². The minimum Gasteiger partial charge on any atom is -0.193 e. The van der Waals surface area contributed by atoms with Crippen molar-refractivity contribution in [2.45, 2.75) is 26.2 Å². The van der Waals surface area contributed by atoms with Crippen LogP contribution in [0.5, 0.6) is 0 Å². The Hall–Kier alpha value is -1.21. The first-order valence-electron chi connectivity index (χ1n) is 3.36. The van der Waals surface area contributed by atoms with Crippen molar-refractivity contribution in [3.05, 3.63) is 12.2 Å². The summed E-state index contributed by atoms with van der Waals surface area (Å²) in [6.45, 7) is 1.84. The fraction of sp³-hybridized carbons (Fsp3) is 0.444. The third-order valence-corrected chi connectivity index (χ3v) is 1.04. The van der Waals surface area contributed by atoms with E-state index < -0.39 is 0 Å². The molecule has 0 aromatic rings. The number of nitrogens with zero attached hydrogens (tertiary/aromatic N) is 1. The van der Waals surface area contributed by atoms with E-state index >= 15 is 0 Å². The zero-order chi connectivity index (χ0) is 7.66. The molecule has 0 aromatic carbocycles. The van der Waals surface area contributed by atoms with Gasteiger partial charge in [-0.2, -0.15) is 5.26 Å². The van der Waals surface area contributed by atoms with Crippen molar-refractivity contribution in [3.63, 3.8) is 0 Å². The summed E-state index contributed by atoms with van der Waals surface area (Å²) in [7, 11) is 0. The maximum absolute atomic E-state index is 8.10. The summed E-state index contributed by atoms with van der Waals surface area (Å²) in [5.41, 5.74) is 0. The molecule has 0 heterocycles. The number of nitriles is 1. The van der Waals surface area contributed by atoms with Crippen LogP contribution in [0.2, 0.25) is 0 Å². The lowest BCUT2D eigenvalue weighted by molar-refractivity contribution is 0.885. The highest BCUT2D eigenvalue weighted by atomic mass is 14.2. The van der Waals surface area contributed by atoms with Gasteiger partial charge in [0.15, 0.2) is 0 Å². The van der Waals surface area contributed by atoms with Gasteiger partial charge in [0.1, 0.15) is 0 Å². The van der Waals surface area contributed by atoms with E-state index in [9.17, 15) is 0 Å². The Morgan fingerprint density at radius 2 is 2.30 bits per heavy atom. The summed E-state index contributed by atoms with van der Waals surface area (Å²) in [5.74, 6) is 5.78. The minimum atomic E-state index is 0.937. The van der Waals surface area contributed by atoms with E-state index in [-0.39, 0.29) is 0 Å². The lowest BCUT2D eigenvalue weighted by Gasteiger charge is -1.84. The molecule has 0 unspecified atom stereocenters. The van der Waals surface area contributed by atoms with E-state index in [0.717, 1.165) is 19.3 Å². The molecule has 0 fully saturated rings. The van der Waals surface area contributed by atoms with Gasteiger partial charge in [-0.25, -0.2) is 0 Å². The summed E-state index contributed by atoms with van der Waals surface area (Å²) < 4.78 is 0. The minimum absolute atomic E-state index is 0.937. The van der Waals surface area contributed by atoms with Gasteiger partial charge in [-0.1, -0.05) is 6.08 Å². The monoisotopic (exact) mass is 133 g/mol. The molecule has 0 bridgehead atoms. The van der Waals surface area contributed by atoms with Crippen LogP contribution in [-0.4, -0.2) is 0 Å². The van der Waals surface area contributed by atoms with Crippen molar-refractivity contribution in [1.29, 1.82) is 5.26 Å². The standard InChI is InChI=1S/C9H11N/c1-2-3-4-5-6-7-8-9-10/h7-8H,4-6H2,1H3/b8-7-. The Morgan fingerprint density at radius 1 is 1.50 bits per heavy atom. The predicted octanol–water partition coefficient (Wildman–Crippen LogP) is 2.26. The van der Waals surface area contributed by atoms with E-state index in [1.54, 1.807) is 0 Å². The fourth-order valence-electron chi connectivity index (χ4n) is 0.569. The van der Waals surface area contributed by atoms with Gasteiger partial charge in [0.25, 0.3) is 0 Å². The molecule has 0 aliphatic rings. The van der Waals surface area contributed by atoms with Crippen molar-refractivity contribution < 1.29 is 0 Å². The molecule has 0 amide bonds. The maximum atomic E-state index is 8.10. The SMILES string of the molecule is CC#CCCC/C=C\C#N. The first kappa shape index (κ1) is 8.79. The summed E-state index contributed by atoms with van der Waals surface area (Å²) in [5, 5.41) is 8.10. The third-order valence-electron chi connectivity index (χ3n) is 1.04. The Labute approximate surface area is 62.4 Å². The lowest BCUT2D eigenvalue weighted by atomic mass is 10.2. The smallest absolute Gasteiger partial charge is 0.0908 e. The van der Waals surface area contributed by atoms with Crippen LogP contribution in [0.15, 0.2) is 12.2 Å². The maximum Gasteiger partial charge on any atom is 0.0908 e. The van der Waals surface area contributed by atoms with Crippen LogP contribution in [0, 0.1) is 23.2 Å². The van der Waals surface area contributed by atoms with Crippen LogP contribution in [-0.2, 0) is 0 Å². The van der Waals surface area contributed by atoms with Crippen LogP contribution in [0.1, 0.15) is 26.2 Å². The van der Waals surface area contributed by atoms with Crippen molar-refractivity contribution in [3.8, 4) is 17.9 Å². The van der Waals surface area contributed by atoms with Crippen LogP contribution < -0.4 is 0 Å². The average molecular weight is 133 g/mol. The zero-order valence-electron chi connectivity index (χ0n) is 6.22. The van der Waals surface area contributed by atoms with Crippen molar-refractivity contribution in [2.24, 2.45) is 0 Å². The molecule has 0 radical (unpaired) electrons. The van der Waals surface area contributed by atoms with Crippen LogP contribution >= 0.6 is 0 Å². The quantitative estimate of drug-likeness (QED) is 0.329. The largest absolute Gasteiger partial charge is 0.193 e. The molecule has 0 aliphatic carbocycles. The Kier molecular flexibility index (Phi) is 6.85. The normalized spacial score (nSPS) is 8.40. The summed E-state index contributed by atoms with van der Waals surface area (Å²) in [6.07, 6.45) is 6.34. The van der Waals surface area contributed by atoms with Gasteiger partial charge >= 0.3 is 0 Å². The Bertz CT molecular complexity index is 185. The number of allylic oxidation sites excluding steroid dienone is 2. The summed E-state index contributed by atoms with van der Waals surface area (Å²) in [4.78, 5) is 0. The Morgan fingerprint density at radius 3 is 2.90 bits per heavy atom. The second kappa shape index (κ2) is 7.79. The number of rotatable bonds is 3. The fourth-order valence-corrected chi connectivity index (χ4v) is 0.569. The molecular weight excluding hydrogens is 122 g/mol. The van der Waals surface area contributed by atoms with E-state index in [4.69, 9.17) is 5.26 Å². The van der Waals surface area contributed by atoms with Gasteiger partial charge in [0, 0.05) is 12.5 Å². The topological polar surface area (TPSA) is 23.8 Å². The molecule has 1 heteroatoms. The molecule has 0 saturated carbocycles. The highest BCUT2D eigenvalue weighted by Crippen LogP contribution is 1.94. The highest BCUT2D eigenvalue weighted by Gasteiger charge is 1.77. The summed E-state index contributed by atoms with van der Waals surface area (Å²) in [6, 6.07) is 1.94. The van der Waals surface area contributed by atoms with Crippen LogP contribution in [0.25, 0.3) is 0 Å². The van der Waals surface area contributed by atoms with Gasteiger partial charge in [-0.3, -0.25) is 0 Å². The molecule has 0 N–H and O–H groups in total. The molecule has 0 aromatic heterocycles. The second-order valence-electron chi connectivity index (χ2n) is 1.85. The van der Waals surface area contributed by atoms with Crippen molar-refractivity contribution >= 4 is 0 Å². The predicted molar refractivity (Wildman–Crippen MR) is 42.1 cm³/mol. The van der Waals surface area contributed by atoms with Gasteiger partial charge in [-0.05, 0) is 19.8 Å². The summed E-state index contributed by atoms with van der Waals surface area (Å²) >= 11 is 0. The van der Waals surface area contributed by atoms with Gasteiger partial charge < -0.3 is 0 Å². The number of hydrogen-bond acceptors (Lipinski definition) is 1. The lowest BCUT2D eigenvalue weighted by Crippen LogP contribution is -1.67. The molecule has 0 aliphatic heterocycles. The zero-order valence-corrected chi connectivity index (χ0v) is 6.22. The van der Waals surface area contributed by atoms with E-state index in [0.29, 0.717) is 0 Å². The first-order valence-corrected chi connectivity index (χ1v) is 3.36. The van der Waals surface area contributed by atoms with E-state index in [1.807, 2.05) is 19.1 Å². The molecule has 10 heavy (non-hydrogen) atoms.